The zero-order chi connectivity index (χ0) is 21.0. The first-order chi connectivity index (χ1) is 14.4. The van der Waals surface area contributed by atoms with Crippen LogP contribution in [0.4, 0.5) is 11.4 Å². The molecule has 4 aromatic rings. The van der Waals surface area contributed by atoms with Crippen LogP contribution in [0.15, 0.2) is 53.7 Å². The molecule has 0 radical (unpaired) electrons. The van der Waals surface area contributed by atoms with Gasteiger partial charge in [-0.1, -0.05) is 47.4 Å². The monoisotopic (exact) mass is 437 g/mol. The maximum absolute atomic E-state index is 13.6. The van der Waals surface area contributed by atoms with E-state index in [2.05, 4.69) is 15.5 Å². The Morgan fingerprint density at radius 2 is 1.87 bits per heavy atom. The van der Waals surface area contributed by atoms with Crippen LogP contribution in [-0.2, 0) is 9.59 Å². The van der Waals surface area contributed by atoms with Gasteiger partial charge in [0.1, 0.15) is 5.54 Å². The summed E-state index contributed by atoms with van der Waals surface area (Å²) in [7, 11) is 0. The number of benzene rings is 2. The lowest BCUT2D eigenvalue weighted by Crippen LogP contribution is -2.60. The van der Waals surface area contributed by atoms with Crippen molar-refractivity contribution in [1.82, 2.24) is 14.6 Å². The molecule has 2 aromatic carbocycles. The molecule has 152 valence electrons. The molecule has 0 spiro atoms. The highest BCUT2D eigenvalue weighted by atomic mass is 32.2. The Bertz CT molecular complexity index is 1310. The number of carbonyl (C=O) groups is 2. The second-order valence-corrected chi connectivity index (χ2v) is 9.95. The van der Waals surface area contributed by atoms with Crippen LogP contribution >= 0.6 is 23.1 Å². The van der Waals surface area contributed by atoms with Gasteiger partial charge in [-0.2, -0.15) is 0 Å². The van der Waals surface area contributed by atoms with Gasteiger partial charge in [-0.05, 0) is 45.0 Å². The van der Waals surface area contributed by atoms with Crippen LogP contribution < -0.4 is 10.2 Å². The number of anilines is 2. The van der Waals surface area contributed by atoms with Crippen LogP contribution in [-0.4, -0.2) is 37.2 Å². The summed E-state index contributed by atoms with van der Waals surface area (Å²) in [5, 5.41) is 11.7. The third kappa shape index (κ3) is 2.80. The van der Waals surface area contributed by atoms with E-state index >= 15 is 0 Å². The molecule has 2 amide bonds. The summed E-state index contributed by atoms with van der Waals surface area (Å²) >= 11 is 2.92. The number of rotatable bonds is 3. The minimum Gasteiger partial charge on any atom is -0.322 e. The topological polar surface area (TPSA) is 79.6 Å². The third-order valence-electron chi connectivity index (χ3n) is 5.27. The molecule has 9 heteroatoms. The van der Waals surface area contributed by atoms with Crippen molar-refractivity contribution in [3.8, 4) is 0 Å². The number of fused-ring (bicyclic) bond motifs is 4. The predicted octanol–water partition coefficient (Wildman–Crippen LogP) is 4.19. The van der Waals surface area contributed by atoms with Crippen molar-refractivity contribution in [1.29, 1.82) is 0 Å². The fourth-order valence-electron chi connectivity index (χ4n) is 3.67. The van der Waals surface area contributed by atoms with E-state index in [0.29, 0.717) is 16.5 Å². The van der Waals surface area contributed by atoms with Gasteiger partial charge in [0.05, 0.1) is 26.8 Å². The average molecular weight is 438 g/mol. The standard InChI is InChI=1S/C21H19N5O2S2/c1-12(29-19-23-24-20-25(19)15-10-6-7-11-16(15)30-20)17(27)26-14-9-5-4-8-13(14)22-18(28)21(26,2)3/h4-12H,1-3H3,(H,22,28). The molecule has 0 bridgehead atoms. The molecule has 0 aliphatic carbocycles. The van der Waals surface area contributed by atoms with Crippen molar-refractivity contribution in [3.05, 3.63) is 48.5 Å². The van der Waals surface area contributed by atoms with Gasteiger partial charge in [0.15, 0.2) is 5.16 Å². The summed E-state index contributed by atoms with van der Waals surface area (Å²) in [6.45, 7) is 5.36. The smallest absolute Gasteiger partial charge is 0.250 e. The van der Waals surface area contributed by atoms with Crippen LogP contribution in [0.5, 0.6) is 0 Å². The van der Waals surface area contributed by atoms with Gasteiger partial charge in [0, 0.05) is 0 Å². The van der Waals surface area contributed by atoms with Crippen LogP contribution in [0, 0.1) is 0 Å². The molecule has 0 saturated carbocycles. The first kappa shape index (κ1) is 19.1. The Hall–Kier alpha value is -2.91. The molecule has 1 N–H and O–H groups in total. The van der Waals surface area contributed by atoms with Crippen molar-refractivity contribution >= 4 is 61.5 Å². The number of thiazole rings is 1. The number of thioether (sulfide) groups is 1. The molecule has 1 unspecified atom stereocenters. The van der Waals surface area contributed by atoms with E-state index in [4.69, 9.17) is 0 Å². The van der Waals surface area contributed by atoms with Gasteiger partial charge >= 0.3 is 0 Å². The molecule has 5 rings (SSSR count). The second kappa shape index (κ2) is 6.82. The molecule has 0 saturated heterocycles. The molecule has 1 aliphatic rings. The zero-order valence-corrected chi connectivity index (χ0v) is 18.3. The summed E-state index contributed by atoms with van der Waals surface area (Å²) in [4.78, 5) is 28.6. The molecule has 0 fully saturated rings. The molecule has 2 aromatic heterocycles. The Kier molecular flexibility index (Phi) is 4.33. The average Bonchev–Trinajstić information content (AvgIpc) is 3.28. The number of amides is 2. The van der Waals surface area contributed by atoms with E-state index in [1.165, 1.54) is 11.8 Å². The van der Waals surface area contributed by atoms with Crippen molar-refractivity contribution in [2.75, 3.05) is 10.2 Å². The van der Waals surface area contributed by atoms with Crippen LogP contribution in [0.2, 0.25) is 0 Å². The molecule has 7 nitrogen and oxygen atoms in total. The lowest BCUT2D eigenvalue weighted by atomic mass is 9.96. The quantitative estimate of drug-likeness (QED) is 0.486. The highest BCUT2D eigenvalue weighted by molar-refractivity contribution is 8.00. The maximum atomic E-state index is 13.6. The van der Waals surface area contributed by atoms with E-state index < -0.39 is 10.8 Å². The molecule has 1 atom stereocenters. The van der Waals surface area contributed by atoms with Gasteiger partial charge < -0.3 is 5.32 Å². The predicted molar refractivity (Wildman–Crippen MR) is 120 cm³/mol. The van der Waals surface area contributed by atoms with Crippen molar-refractivity contribution in [2.45, 2.75) is 36.7 Å². The largest absolute Gasteiger partial charge is 0.322 e. The van der Waals surface area contributed by atoms with Crippen LogP contribution in [0.1, 0.15) is 20.8 Å². The zero-order valence-electron chi connectivity index (χ0n) is 16.6. The summed E-state index contributed by atoms with van der Waals surface area (Å²) in [6, 6.07) is 15.4. The molecule has 3 heterocycles. The van der Waals surface area contributed by atoms with E-state index in [1.807, 2.05) is 53.8 Å². The van der Waals surface area contributed by atoms with E-state index in [-0.39, 0.29) is 11.8 Å². The third-order valence-corrected chi connectivity index (χ3v) is 7.31. The normalized spacial score (nSPS) is 16.5. The van der Waals surface area contributed by atoms with E-state index in [0.717, 1.165) is 15.2 Å². The van der Waals surface area contributed by atoms with E-state index in [1.54, 1.807) is 36.2 Å². The van der Waals surface area contributed by atoms with Gasteiger partial charge in [-0.15, -0.1) is 10.2 Å². The highest BCUT2D eigenvalue weighted by Gasteiger charge is 2.45. The minimum absolute atomic E-state index is 0.149. The fraction of sp³-hybridized carbons (Fsp3) is 0.238. The van der Waals surface area contributed by atoms with Crippen molar-refractivity contribution in [2.24, 2.45) is 0 Å². The fourth-order valence-corrected chi connectivity index (χ4v) is 5.59. The Morgan fingerprint density at radius 1 is 1.13 bits per heavy atom. The molecule has 1 aliphatic heterocycles. The SMILES string of the molecule is CC(Sc1nnc2sc3ccccc3n12)C(=O)N1c2ccccc2NC(=O)C1(C)C. The first-order valence-corrected chi connectivity index (χ1v) is 11.2. The number of aromatic nitrogens is 3. The summed E-state index contributed by atoms with van der Waals surface area (Å²) in [6.07, 6.45) is 0. The summed E-state index contributed by atoms with van der Waals surface area (Å²) < 4.78 is 3.10. The van der Waals surface area contributed by atoms with E-state index in [9.17, 15) is 9.59 Å². The number of carbonyl (C=O) groups excluding carboxylic acids is 2. The second-order valence-electron chi connectivity index (χ2n) is 7.63. The van der Waals surface area contributed by atoms with Crippen LogP contribution in [0.3, 0.4) is 0 Å². The Labute approximate surface area is 181 Å². The summed E-state index contributed by atoms with van der Waals surface area (Å²) in [5.41, 5.74) is 1.36. The lowest BCUT2D eigenvalue weighted by Gasteiger charge is -2.42. The molecular weight excluding hydrogens is 418 g/mol. The first-order valence-electron chi connectivity index (χ1n) is 9.52. The van der Waals surface area contributed by atoms with Crippen LogP contribution in [0.25, 0.3) is 15.2 Å². The number of hydrogen-bond donors (Lipinski definition) is 1. The van der Waals surface area contributed by atoms with Gasteiger partial charge in [0.2, 0.25) is 16.8 Å². The number of nitrogens with zero attached hydrogens (tertiary/aromatic N) is 4. The number of para-hydroxylation sites is 3. The van der Waals surface area contributed by atoms with Crippen molar-refractivity contribution in [3.63, 3.8) is 0 Å². The van der Waals surface area contributed by atoms with Gasteiger partial charge in [0.25, 0.3) is 0 Å². The molecule has 30 heavy (non-hydrogen) atoms. The van der Waals surface area contributed by atoms with Crippen molar-refractivity contribution < 1.29 is 9.59 Å². The number of hydrogen-bond acceptors (Lipinski definition) is 6. The molecular formula is C21H19N5O2S2. The maximum Gasteiger partial charge on any atom is 0.250 e. The highest BCUT2D eigenvalue weighted by Crippen LogP contribution is 2.39. The Morgan fingerprint density at radius 3 is 2.70 bits per heavy atom. The lowest BCUT2D eigenvalue weighted by molar-refractivity contribution is -0.126. The van der Waals surface area contributed by atoms with Gasteiger partial charge in [-0.25, -0.2) is 0 Å². The minimum atomic E-state index is -1.00. The van der Waals surface area contributed by atoms with Gasteiger partial charge in [-0.3, -0.25) is 18.9 Å². The number of nitrogens with one attached hydrogen (secondary N) is 1. The summed E-state index contributed by atoms with van der Waals surface area (Å²) in [5.74, 6) is -0.357. The Balaban J connectivity index is 1.51.